The van der Waals surface area contributed by atoms with Gasteiger partial charge in [0.1, 0.15) is 6.61 Å². The predicted molar refractivity (Wildman–Crippen MR) is 77.0 cm³/mol. The molecule has 2 aromatic heterocycles. The number of rotatable bonds is 3. The number of nitrogens with zero attached hydrogens (tertiary/aromatic N) is 1. The van der Waals surface area contributed by atoms with Gasteiger partial charge in [-0.3, -0.25) is 4.79 Å². The van der Waals surface area contributed by atoms with Crippen molar-refractivity contribution in [3.05, 3.63) is 40.2 Å². The molecule has 20 heavy (non-hydrogen) atoms. The van der Waals surface area contributed by atoms with E-state index in [0.717, 1.165) is 4.88 Å². The van der Waals surface area contributed by atoms with Crippen LogP contribution in [0.3, 0.4) is 0 Å². The van der Waals surface area contributed by atoms with E-state index in [1.807, 2.05) is 0 Å². The minimum absolute atomic E-state index is 0.197. The van der Waals surface area contributed by atoms with Crippen LogP contribution in [0.25, 0.3) is 0 Å². The SMILES string of the molecule is COc1ccc(NC(=O)c2ccc(C#CCO)s2)cn1. The van der Waals surface area contributed by atoms with Crippen molar-refractivity contribution in [1.29, 1.82) is 0 Å². The van der Waals surface area contributed by atoms with Crippen molar-refractivity contribution in [3.8, 4) is 17.7 Å². The first-order chi connectivity index (χ1) is 9.72. The average Bonchev–Trinajstić information content (AvgIpc) is 2.95. The Bertz CT molecular complexity index is 653. The Morgan fingerprint density at radius 2 is 2.30 bits per heavy atom. The zero-order valence-electron chi connectivity index (χ0n) is 10.7. The van der Waals surface area contributed by atoms with E-state index in [2.05, 4.69) is 22.1 Å². The maximum Gasteiger partial charge on any atom is 0.265 e. The number of aliphatic hydroxyl groups excluding tert-OH is 1. The Balaban J connectivity index is 2.05. The number of anilines is 1. The minimum atomic E-state index is -0.223. The summed E-state index contributed by atoms with van der Waals surface area (Å²) in [7, 11) is 1.53. The van der Waals surface area contributed by atoms with Gasteiger partial charge in [0.05, 0.1) is 28.7 Å². The molecule has 5 nitrogen and oxygen atoms in total. The molecule has 0 saturated heterocycles. The number of pyridine rings is 1. The summed E-state index contributed by atoms with van der Waals surface area (Å²) in [6.45, 7) is -0.197. The summed E-state index contributed by atoms with van der Waals surface area (Å²) in [6, 6.07) is 6.82. The summed E-state index contributed by atoms with van der Waals surface area (Å²) in [5.41, 5.74) is 0.590. The summed E-state index contributed by atoms with van der Waals surface area (Å²) in [6.07, 6.45) is 1.52. The van der Waals surface area contributed by atoms with Crippen LogP contribution in [-0.2, 0) is 0 Å². The van der Waals surface area contributed by atoms with E-state index < -0.39 is 0 Å². The fraction of sp³-hybridized carbons (Fsp3) is 0.143. The molecule has 0 bridgehead atoms. The molecule has 2 rings (SSSR count). The van der Waals surface area contributed by atoms with Gasteiger partial charge in [-0.25, -0.2) is 4.98 Å². The summed E-state index contributed by atoms with van der Waals surface area (Å²) < 4.78 is 4.94. The topological polar surface area (TPSA) is 71.5 Å². The average molecular weight is 288 g/mol. The molecular weight excluding hydrogens is 276 g/mol. The molecular formula is C14H12N2O3S. The molecule has 0 aromatic carbocycles. The van der Waals surface area contributed by atoms with E-state index in [0.29, 0.717) is 16.4 Å². The van der Waals surface area contributed by atoms with Gasteiger partial charge in [0, 0.05) is 6.07 Å². The lowest BCUT2D eigenvalue weighted by Crippen LogP contribution is -2.10. The zero-order valence-corrected chi connectivity index (χ0v) is 11.5. The molecule has 2 heterocycles. The smallest absolute Gasteiger partial charge is 0.265 e. The molecule has 2 N–H and O–H groups in total. The molecule has 102 valence electrons. The third kappa shape index (κ3) is 3.57. The van der Waals surface area contributed by atoms with Gasteiger partial charge in [-0.05, 0) is 18.2 Å². The van der Waals surface area contributed by atoms with Crippen LogP contribution in [0.5, 0.6) is 5.88 Å². The third-order valence-corrected chi connectivity index (χ3v) is 3.32. The zero-order chi connectivity index (χ0) is 14.4. The van der Waals surface area contributed by atoms with E-state index in [9.17, 15) is 4.79 Å². The Labute approximate surface area is 120 Å². The van der Waals surface area contributed by atoms with E-state index >= 15 is 0 Å². The lowest BCUT2D eigenvalue weighted by Gasteiger charge is -2.03. The van der Waals surface area contributed by atoms with Crippen molar-refractivity contribution in [2.45, 2.75) is 0 Å². The molecule has 0 spiro atoms. The second kappa shape index (κ2) is 6.70. The molecule has 6 heteroatoms. The number of thiophene rings is 1. The standard InChI is InChI=1S/C14H12N2O3S/c1-19-13-7-4-10(9-15-13)16-14(18)12-6-5-11(20-12)3-2-8-17/h4-7,9,17H,8H2,1H3,(H,16,18). The van der Waals surface area contributed by atoms with E-state index in [1.165, 1.54) is 24.6 Å². The van der Waals surface area contributed by atoms with Crippen molar-refractivity contribution in [2.75, 3.05) is 19.0 Å². The predicted octanol–water partition coefficient (Wildman–Crippen LogP) is 1.75. The van der Waals surface area contributed by atoms with E-state index in [-0.39, 0.29) is 12.5 Å². The first-order valence-electron chi connectivity index (χ1n) is 5.74. The number of carbonyl (C=O) groups is 1. The second-order valence-corrected chi connectivity index (χ2v) is 4.75. The third-order valence-electron chi connectivity index (χ3n) is 2.32. The highest BCUT2D eigenvalue weighted by molar-refractivity contribution is 7.14. The normalized spacial score (nSPS) is 9.50. The van der Waals surface area contributed by atoms with Crippen LogP contribution in [-0.4, -0.2) is 29.7 Å². The Kier molecular flexibility index (Phi) is 4.71. The van der Waals surface area contributed by atoms with Gasteiger partial charge in [-0.2, -0.15) is 0 Å². The highest BCUT2D eigenvalue weighted by Gasteiger charge is 2.09. The van der Waals surface area contributed by atoms with Crippen LogP contribution in [0.1, 0.15) is 14.5 Å². The number of ether oxygens (including phenoxy) is 1. The number of amides is 1. The van der Waals surface area contributed by atoms with Gasteiger partial charge in [0.2, 0.25) is 5.88 Å². The minimum Gasteiger partial charge on any atom is -0.481 e. The summed E-state index contributed by atoms with van der Waals surface area (Å²) in [5.74, 6) is 5.56. The fourth-order valence-electron chi connectivity index (χ4n) is 1.42. The number of aromatic nitrogens is 1. The Morgan fingerprint density at radius 1 is 1.45 bits per heavy atom. The maximum atomic E-state index is 12.0. The number of nitrogens with one attached hydrogen (secondary N) is 1. The molecule has 0 aliphatic heterocycles. The first-order valence-corrected chi connectivity index (χ1v) is 6.55. The van der Waals surface area contributed by atoms with Gasteiger partial charge in [0.25, 0.3) is 5.91 Å². The van der Waals surface area contributed by atoms with Crippen LogP contribution in [0, 0.1) is 11.8 Å². The largest absolute Gasteiger partial charge is 0.481 e. The highest BCUT2D eigenvalue weighted by atomic mass is 32.1. The number of methoxy groups -OCH3 is 1. The molecule has 2 aromatic rings. The van der Waals surface area contributed by atoms with Gasteiger partial charge in [-0.1, -0.05) is 11.8 Å². The summed E-state index contributed by atoms with van der Waals surface area (Å²) in [4.78, 5) is 17.3. The Morgan fingerprint density at radius 3 is 2.95 bits per heavy atom. The summed E-state index contributed by atoms with van der Waals surface area (Å²) in [5, 5.41) is 11.4. The van der Waals surface area contributed by atoms with Gasteiger partial charge in [0.15, 0.2) is 0 Å². The number of hydrogen-bond donors (Lipinski definition) is 2. The first kappa shape index (κ1) is 14.1. The van der Waals surface area contributed by atoms with Crippen molar-refractivity contribution in [3.63, 3.8) is 0 Å². The molecule has 0 aliphatic carbocycles. The van der Waals surface area contributed by atoms with Crippen molar-refractivity contribution in [1.82, 2.24) is 4.98 Å². The van der Waals surface area contributed by atoms with Crippen LogP contribution >= 0.6 is 11.3 Å². The van der Waals surface area contributed by atoms with E-state index in [1.54, 1.807) is 24.3 Å². The highest BCUT2D eigenvalue weighted by Crippen LogP contribution is 2.18. The fourth-order valence-corrected chi connectivity index (χ4v) is 2.20. The molecule has 0 fully saturated rings. The van der Waals surface area contributed by atoms with Crippen molar-refractivity contribution in [2.24, 2.45) is 0 Å². The molecule has 0 unspecified atom stereocenters. The van der Waals surface area contributed by atoms with Gasteiger partial charge < -0.3 is 15.2 Å². The number of carbonyl (C=O) groups excluding carboxylic acids is 1. The van der Waals surface area contributed by atoms with E-state index in [4.69, 9.17) is 9.84 Å². The van der Waals surface area contributed by atoms with Crippen molar-refractivity contribution >= 4 is 22.9 Å². The van der Waals surface area contributed by atoms with Crippen LogP contribution in [0.15, 0.2) is 30.5 Å². The van der Waals surface area contributed by atoms with Gasteiger partial charge in [-0.15, -0.1) is 11.3 Å². The molecule has 1 amide bonds. The number of aliphatic hydroxyl groups is 1. The maximum absolute atomic E-state index is 12.0. The lowest BCUT2D eigenvalue weighted by molar-refractivity contribution is 0.103. The van der Waals surface area contributed by atoms with Crippen LogP contribution in [0.4, 0.5) is 5.69 Å². The molecule has 0 radical (unpaired) electrons. The second-order valence-electron chi connectivity index (χ2n) is 3.67. The summed E-state index contributed by atoms with van der Waals surface area (Å²) >= 11 is 1.27. The molecule has 0 atom stereocenters. The monoisotopic (exact) mass is 288 g/mol. The lowest BCUT2D eigenvalue weighted by atomic mass is 10.3. The number of hydrogen-bond acceptors (Lipinski definition) is 5. The van der Waals surface area contributed by atoms with Gasteiger partial charge >= 0.3 is 0 Å². The Hall–Kier alpha value is -2.36. The van der Waals surface area contributed by atoms with Crippen molar-refractivity contribution < 1.29 is 14.6 Å². The molecule has 0 aliphatic rings. The molecule has 0 saturated carbocycles. The van der Waals surface area contributed by atoms with Crippen LogP contribution < -0.4 is 10.1 Å². The quantitative estimate of drug-likeness (QED) is 0.844. The van der Waals surface area contributed by atoms with Crippen LogP contribution in [0.2, 0.25) is 0 Å².